The van der Waals surface area contributed by atoms with Crippen LogP contribution < -0.4 is 11.4 Å². The average Bonchev–Trinajstić information content (AvgIpc) is 3.65. The molecule has 426 valence electrons. The minimum atomic E-state index is -5.50. The smallest absolute Gasteiger partial charge is 0.462 e. The monoisotopic (exact) mass is 1110 g/mol. The van der Waals surface area contributed by atoms with Gasteiger partial charge in [-0.05, 0) is 76.7 Å². The van der Waals surface area contributed by atoms with E-state index in [4.69, 9.17) is 29.0 Å². The molecule has 0 aliphatic carbocycles. The molecule has 2 rings (SSSR count). The molecule has 2 heterocycles. The Morgan fingerprint density at radius 1 is 0.697 bits per heavy atom. The van der Waals surface area contributed by atoms with Gasteiger partial charge < -0.3 is 50.2 Å². The number of phosphoric ester groups is 2. The van der Waals surface area contributed by atoms with Crippen LogP contribution in [0.2, 0.25) is 0 Å². The van der Waals surface area contributed by atoms with Gasteiger partial charge in [-0.25, -0.2) is 13.9 Å². The second-order valence-corrected chi connectivity index (χ2v) is 20.8. The van der Waals surface area contributed by atoms with Crippen molar-refractivity contribution in [3.8, 4) is 0 Å². The zero-order valence-corrected chi connectivity index (χ0v) is 45.8. The van der Waals surface area contributed by atoms with Crippen molar-refractivity contribution in [1.82, 2.24) is 9.55 Å². The number of aromatic nitrogens is 2. The fourth-order valence-electron chi connectivity index (χ4n) is 6.92. The lowest BCUT2D eigenvalue weighted by atomic mass is 10.1. The molecule has 1 aromatic rings. The summed E-state index contributed by atoms with van der Waals surface area (Å²) in [6.07, 6.45) is 39.6. The number of phosphoric acid groups is 2. The topological polar surface area (TPSA) is 306 Å². The highest BCUT2D eigenvalue weighted by Gasteiger charge is 2.46. The van der Waals surface area contributed by atoms with Crippen LogP contribution in [0.25, 0.3) is 0 Å². The molecule has 76 heavy (non-hydrogen) atoms. The first kappa shape index (κ1) is 67.4. The first-order valence-corrected chi connectivity index (χ1v) is 29.1. The van der Waals surface area contributed by atoms with Gasteiger partial charge in [0.2, 0.25) is 0 Å². The molecule has 1 fully saturated rings. The molecule has 2 unspecified atom stereocenters. The Morgan fingerprint density at radius 3 is 1.83 bits per heavy atom. The molecule has 1 saturated heterocycles. The maximum Gasteiger partial charge on any atom is 0.481 e. The molecule has 8 N–H and O–H groups in total. The lowest BCUT2D eigenvalue weighted by Gasteiger charge is -2.21. The molecule has 1 aliphatic heterocycles. The van der Waals surface area contributed by atoms with E-state index in [1.54, 1.807) is 30.4 Å². The van der Waals surface area contributed by atoms with E-state index in [0.717, 1.165) is 62.1 Å². The van der Waals surface area contributed by atoms with Gasteiger partial charge in [-0.2, -0.15) is 9.29 Å². The van der Waals surface area contributed by atoms with E-state index < -0.39 is 95.9 Å². The quantitative estimate of drug-likeness (QED) is 0.0106. The summed E-state index contributed by atoms with van der Waals surface area (Å²) < 4.78 is 56.5. The Balaban J connectivity index is 1.90. The van der Waals surface area contributed by atoms with Crippen LogP contribution >= 0.6 is 15.6 Å². The second-order valence-electron chi connectivity index (χ2n) is 17.7. The van der Waals surface area contributed by atoms with Crippen LogP contribution in [0, 0.1) is 0 Å². The lowest BCUT2D eigenvalue weighted by Crippen LogP contribution is -2.36. The molecule has 0 aromatic carbocycles. The number of aliphatic hydroxyl groups is 4. The summed E-state index contributed by atoms with van der Waals surface area (Å²) in [6, 6.07) is 1.23. The number of aliphatic hydroxyl groups excluding tert-OH is 4. The van der Waals surface area contributed by atoms with Gasteiger partial charge in [0.15, 0.2) is 12.3 Å². The van der Waals surface area contributed by atoms with Crippen molar-refractivity contribution >= 4 is 33.4 Å². The van der Waals surface area contributed by atoms with Crippen molar-refractivity contribution in [3.63, 3.8) is 0 Å². The average molecular weight is 1110 g/mol. The minimum Gasteiger partial charge on any atom is -0.462 e. The normalized spacial score (nSPS) is 20.4. The van der Waals surface area contributed by atoms with Crippen LogP contribution in [0.15, 0.2) is 126 Å². The molecule has 9 atom stereocenters. The Labute approximate surface area is 447 Å². The number of allylic oxidation sites excluding steroid dienone is 16. The van der Waals surface area contributed by atoms with Crippen molar-refractivity contribution in [3.05, 3.63) is 132 Å². The fraction of sp³-hybridized carbons (Fsp3) is 0.556. The van der Waals surface area contributed by atoms with Gasteiger partial charge in [-0.15, -0.1) is 0 Å². The summed E-state index contributed by atoms with van der Waals surface area (Å²) in [4.78, 5) is 61.9. The van der Waals surface area contributed by atoms with Gasteiger partial charge >= 0.3 is 33.3 Å². The molecular weight excluding hydrogens is 1020 g/mol. The van der Waals surface area contributed by atoms with Crippen molar-refractivity contribution in [1.29, 1.82) is 0 Å². The molecule has 1 aromatic heterocycles. The predicted octanol–water partition coefficient (Wildman–Crippen LogP) is 8.94. The number of anilines is 1. The highest BCUT2D eigenvalue weighted by atomic mass is 31.3. The van der Waals surface area contributed by atoms with E-state index in [1.807, 2.05) is 42.5 Å². The number of hydrogen-bond acceptors (Lipinski definition) is 17. The van der Waals surface area contributed by atoms with E-state index in [0.29, 0.717) is 12.8 Å². The number of nitrogens with two attached hydrogens (primary N) is 1. The summed E-state index contributed by atoms with van der Waals surface area (Å²) in [7, 11) is -11.0. The molecule has 0 bridgehead atoms. The van der Waals surface area contributed by atoms with Crippen molar-refractivity contribution in [2.75, 3.05) is 25.6 Å². The number of unbranched alkanes of at least 4 members (excludes halogenated alkanes) is 5. The van der Waals surface area contributed by atoms with Gasteiger partial charge in [0, 0.05) is 19.0 Å². The second kappa shape index (κ2) is 40.5. The third-order valence-corrected chi connectivity index (χ3v) is 13.7. The SMILES string of the molecule is CCCCC/C=C\C/C=C\C/C=C\C/C=C\C/C=C\CCC(=O)O[C@H](COC(=O)CCC[C@@H](O)/C=C/C=C\C/C=C\C=C\[C@@H](O)CCCCC)COP(=O)(O)OP(=O)(O)OC[C@H]1O[C@@H](n2ccc(N)nc2=O)[C@H](O)[C@@H]1O. The van der Waals surface area contributed by atoms with Crippen LogP contribution in [0.5, 0.6) is 0 Å². The third-order valence-electron chi connectivity index (χ3n) is 11.1. The van der Waals surface area contributed by atoms with E-state index in [2.05, 4.69) is 59.6 Å². The number of nitrogen functional groups attached to an aromatic ring is 1. The molecular formula is C54H83N3O17P2. The summed E-state index contributed by atoms with van der Waals surface area (Å²) in [5.41, 5.74) is 4.56. The zero-order chi connectivity index (χ0) is 55.9. The van der Waals surface area contributed by atoms with Crippen molar-refractivity contribution in [2.45, 2.75) is 172 Å². The van der Waals surface area contributed by atoms with Crippen LogP contribution in [-0.4, -0.2) is 108 Å². The van der Waals surface area contributed by atoms with Gasteiger partial charge in [-0.3, -0.25) is 23.2 Å². The minimum absolute atomic E-state index is 0.122. The number of nitrogens with zero attached hydrogens (tertiary/aromatic N) is 2. The summed E-state index contributed by atoms with van der Waals surface area (Å²) in [5.74, 6) is -1.65. The number of ether oxygens (including phenoxy) is 3. The van der Waals surface area contributed by atoms with Gasteiger partial charge in [0.25, 0.3) is 0 Å². The molecule has 0 spiro atoms. The molecule has 1 aliphatic rings. The summed E-state index contributed by atoms with van der Waals surface area (Å²) in [6.45, 7) is 1.72. The first-order valence-electron chi connectivity index (χ1n) is 26.1. The van der Waals surface area contributed by atoms with Crippen LogP contribution in [0.3, 0.4) is 0 Å². The van der Waals surface area contributed by atoms with Gasteiger partial charge in [0.05, 0.1) is 25.4 Å². The number of carbonyl (C=O) groups is 2. The van der Waals surface area contributed by atoms with Crippen molar-refractivity contribution in [2.24, 2.45) is 0 Å². The molecule has 20 nitrogen and oxygen atoms in total. The molecule has 0 amide bonds. The van der Waals surface area contributed by atoms with E-state index in [-0.39, 0.29) is 37.9 Å². The summed E-state index contributed by atoms with van der Waals surface area (Å²) in [5, 5.41) is 41.2. The maximum atomic E-state index is 12.9. The van der Waals surface area contributed by atoms with E-state index in [9.17, 15) is 53.7 Å². The number of hydrogen-bond donors (Lipinski definition) is 7. The summed E-state index contributed by atoms with van der Waals surface area (Å²) >= 11 is 0. The Kier molecular flexibility index (Phi) is 36.0. The molecule has 0 saturated carbocycles. The Hall–Kier alpha value is -4.66. The van der Waals surface area contributed by atoms with Gasteiger partial charge in [0.1, 0.15) is 30.7 Å². The van der Waals surface area contributed by atoms with Crippen LogP contribution in [0.4, 0.5) is 5.82 Å². The molecule has 22 heteroatoms. The number of carbonyl (C=O) groups excluding carboxylic acids is 2. The number of rotatable bonds is 41. The first-order chi connectivity index (χ1) is 36.5. The Bertz CT molecular complexity index is 2240. The maximum absolute atomic E-state index is 12.9. The van der Waals surface area contributed by atoms with E-state index >= 15 is 0 Å². The predicted molar refractivity (Wildman–Crippen MR) is 291 cm³/mol. The lowest BCUT2D eigenvalue weighted by molar-refractivity contribution is -0.161. The molecule has 0 radical (unpaired) electrons. The van der Waals surface area contributed by atoms with Crippen molar-refractivity contribution < 1.29 is 76.5 Å². The zero-order valence-electron chi connectivity index (χ0n) is 44.0. The Morgan fingerprint density at radius 2 is 1.24 bits per heavy atom. The van der Waals surface area contributed by atoms with Crippen LogP contribution in [0.1, 0.15) is 136 Å². The standard InChI is InChI=1S/C54H83N3O17P2/c1-3-5-7-8-9-10-11-12-13-14-15-16-17-18-19-20-24-27-31-37-50(61)72-46(41-69-49(60)38-32-36-45(59)35-30-26-23-21-22-25-29-34-44(58)33-28-6-4-2)42-70-75(65,66)74-76(67,68)71-43-47-51(62)52(63)53(73-47)57-40-39-48(55)56-54(57)64/h9-10,12-13,15-16,18-19,22-27,29-30,34-35,39-40,44-47,51-53,58-59,62-63H,3-8,11,14,17,20-21,28,31-33,36-38,41-43H2,1-2H3,(H,65,66)(H,67,68)(H2,55,56,64)/b10-9-,13-12-,16-15-,19-18-,25-22-,26-23-,27-24-,34-29+,35-30+/t44-,45-,46+,47+,51+,52+,53+/m0/s1. The fourth-order valence-corrected chi connectivity index (χ4v) is 9.03. The van der Waals surface area contributed by atoms with E-state index in [1.165, 1.54) is 25.3 Å². The van der Waals surface area contributed by atoms with Crippen LogP contribution in [-0.2, 0) is 46.3 Å². The largest absolute Gasteiger partial charge is 0.481 e. The van der Waals surface area contributed by atoms with Gasteiger partial charge in [-0.1, -0.05) is 155 Å². The number of esters is 2. The third kappa shape index (κ3) is 32.8. The highest BCUT2D eigenvalue weighted by molar-refractivity contribution is 7.61. The highest BCUT2D eigenvalue weighted by Crippen LogP contribution is 2.60.